The maximum absolute atomic E-state index is 13.1. The molecule has 0 saturated carbocycles. The molecule has 10 nitrogen and oxygen atoms in total. The van der Waals surface area contributed by atoms with Crippen LogP contribution in [0.4, 0.5) is 19.0 Å². The number of amides is 2. The number of halogens is 4. The van der Waals surface area contributed by atoms with Gasteiger partial charge < -0.3 is 25.3 Å². The monoisotopic (exact) mass is 554 g/mol. The summed E-state index contributed by atoms with van der Waals surface area (Å²) in [7, 11) is 0. The lowest BCUT2D eigenvalue weighted by atomic mass is 10.1. The third kappa shape index (κ3) is 5.94. The van der Waals surface area contributed by atoms with E-state index in [4.69, 9.17) is 16.3 Å². The number of carbonyl (C=O) groups excluding carboxylic acids is 2. The smallest absolute Gasteiger partial charge is 0.377 e. The Balaban J connectivity index is 1.44. The Morgan fingerprint density at radius 1 is 1.29 bits per heavy atom. The Morgan fingerprint density at radius 3 is 2.79 bits per heavy atom. The van der Waals surface area contributed by atoms with E-state index in [0.29, 0.717) is 4.90 Å². The van der Waals surface area contributed by atoms with Crippen LogP contribution in [0.15, 0.2) is 29.2 Å². The molecule has 3 N–H and O–H groups in total. The zero-order chi connectivity index (χ0) is 27.6. The van der Waals surface area contributed by atoms with Crippen LogP contribution in [0.25, 0.3) is 10.9 Å². The molecule has 1 saturated heterocycles. The van der Waals surface area contributed by atoms with Crippen LogP contribution in [-0.4, -0.2) is 69.8 Å². The molecule has 38 heavy (non-hydrogen) atoms. The fraction of sp³-hybridized carbons (Fsp3) is 0.417. The molecule has 1 aromatic carbocycles. The molecular formula is C24H26ClF3N6O4. The quantitative estimate of drug-likeness (QED) is 0.413. The number of anilines is 1. The Labute approximate surface area is 220 Å². The number of aromatic amines is 1. The normalized spacial score (nSPS) is 16.1. The van der Waals surface area contributed by atoms with E-state index >= 15 is 0 Å². The van der Waals surface area contributed by atoms with Gasteiger partial charge in [-0.1, -0.05) is 17.7 Å². The molecule has 1 aliphatic heterocycles. The first-order valence-corrected chi connectivity index (χ1v) is 12.1. The molecule has 2 amide bonds. The van der Waals surface area contributed by atoms with Gasteiger partial charge in [0.25, 0.3) is 5.56 Å². The maximum Gasteiger partial charge on any atom is 0.471 e. The number of carbonyl (C=O) groups is 2. The number of benzene rings is 1. The molecule has 1 fully saturated rings. The molecule has 1 aliphatic rings. The molecule has 1 atom stereocenters. The van der Waals surface area contributed by atoms with Crippen molar-refractivity contribution in [2.24, 2.45) is 0 Å². The van der Waals surface area contributed by atoms with Crippen LogP contribution in [0, 0.1) is 13.8 Å². The summed E-state index contributed by atoms with van der Waals surface area (Å²) < 4.78 is 45.3. The lowest BCUT2D eigenvalue weighted by molar-refractivity contribution is -0.192. The van der Waals surface area contributed by atoms with Gasteiger partial charge in [0.1, 0.15) is 6.54 Å². The molecule has 3 aromatic rings. The lowest BCUT2D eigenvalue weighted by Gasteiger charge is -2.36. The fourth-order valence-electron chi connectivity index (χ4n) is 4.21. The lowest BCUT2D eigenvalue weighted by Crippen LogP contribution is -2.55. The number of fused-ring (bicyclic) bond motifs is 1. The first-order chi connectivity index (χ1) is 18.0. The molecule has 204 valence electrons. The average molecular weight is 555 g/mol. The third-order valence-corrected chi connectivity index (χ3v) is 6.70. The van der Waals surface area contributed by atoms with Crippen LogP contribution < -0.4 is 16.2 Å². The predicted octanol–water partition coefficient (Wildman–Crippen LogP) is 2.51. The number of nitrogens with zero attached hydrogens (tertiary/aromatic N) is 3. The standard InChI is InChI=1S/C24H26ClF3N6O4/c1-13-8-29-18-4-3-15(7-17(13)18)9-30-19(35)11-34-14(2)20(25)32-21(22(34)36)31-10-16-12-38-6-5-33(16)23(37)24(26,27)28/h3-4,7-8,16,29H,5-6,9-12H2,1-2H3,(H,30,35)(H,31,32)/t16-/m0/s1. The molecule has 0 aliphatic carbocycles. The summed E-state index contributed by atoms with van der Waals surface area (Å²) in [5.74, 6) is -2.69. The minimum absolute atomic E-state index is 0.0342. The van der Waals surface area contributed by atoms with Gasteiger partial charge in [-0.05, 0) is 37.1 Å². The Kier molecular flexibility index (Phi) is 7.97. The number of H-pyrrole nitrogens is 1. The molecule has 4 rings (SSSR count). The Bertz CT molecular complexity index is 1420. The molecule has 0 bridgehead atoms. The van der Waals surface area contributed by atoms with E-state index < -0.39 is 29.6 Å². The van der Waals surface area contributed by atoms with Gasteiger partial charge in [-0.25, -0.2) is 4.98 Å². The zero-order valence-electron chi connectivity index (χ0n) is 20.6. The molecule has 0 spiro atoms. The molecular weight excluding hydrogens is 529 g/mol. The number of hydrogen-bond donors (Lipinski definition) is 3. The summed E-state index contributed by atoms with van der Waals surface area (Å²) in [5.41, 5.74) is 2.50. The molecule has 3 heterocycles. The molecule has 0 unspecified atom stereocenters. The Morgan fingerprint density at radius 2 is 2.05 bits per heavy atom. The number of aromatic nitrogens is 3. The van der Waals surface area contributed by atoms with Crippen LogP contribution in [0.3, 0.4) is 0 Å². The highest BCUT2D eigenvalue weighted by Crippen LogP contribution is 2.22. The topological polar surface area (TPSA) is 121 Å². The number of aryl methyl sites for hydroxylation is 1. The van der Waals surface area contributed by atoms with Crippen LogP contribution >= 0.6 is 11.6 Å². The highest BCUT2D eigenvalue weighted by atomic mass is 35.5. The van der Waals surface area contributed by atoms with Gasteiger partial charge in [-0.3, -0.25) is 19.0 Å². The van der Waals surface area contributed by atoms with Crippen LogP contribution in [0.5, 0.6) is 0 Å². The molecule has 14 heteroatoms. The van der Waals surface area contributed by atoms with E-state index in [9.17, 15) is 27.6 Å². The van der Waals surface area contributed by atoms with Gasteiger partial charge in [0.15, 0.2) is 11.0 Å². The van der Waals surface area contributed by atoms with Crippen LogP contribution in [0.2, 0.25) is 5.15 Å². The van der Waals surface area contributed by atoms with Gasteiger partial charge in [0, 0.05) is 36.7 Å². The Hall–Kier alpha value is -3.58. The van der Waals surface area contributed by atoms with Crippen LogP contribution in [0.1, 0.15) is 16.8 Å². The van der Waals surface area contributed by atoms with E-state index in [2.05, 4.69) is 20.6 Å². The van der Waals surface area contributed by atoms with Crippen molar-refractivity contribution in [3.63, 3.8) is 0 Å². The van der Waals surface area contributed by atoms with Crippen molar-refractivity contribution in [1.29, 1.82) is 0 Å². The van der Waals surface area contributed by atoms with Crippen LogP contribution in [-0.2, 0) is 27.4 Å². The van der Waals surface area contributed by atoms with E-state index in [1.165, 1.54) is 6.92 Å². The van der Waals surface area contributed by atoms with Gasteiger partial charge in [0.05, 0.1) is 24.9 Å². The number of hydrogen-bond acceptors (Lipinski definition) is 6. The second-order valence-electron chi connectivity index (χ2n) is 8.96. The third-order valence-electron chi connectivity index (χ3n) is 6.34. The number of nitrogens with one attached hydrogen (secondary N) is 3. The SMILES string of the molecule is Cc1c[nH]c2ccc(CNC(=O)Cn3c(C)c(Cl)nc(NC[C@H]4COCCN4C(=O)C(F)(F)F)c3=O)cc12. The highest BCUT2D eigenvalue weighted by molar-refractivity contribution is 6.30. The second-order valence-corrected chi connectivity index (χ2v) is 9.32. The number of morpholine rings is 1. The molecule has 0 radical (unpaired) electrons. The predicted molar refractivity (Wildman–Crippen MR) is 134 cm³/mol. The van der Waals surface area contributed by atoms with E-state index in [-0.39, 0.29) is 56.1 Å². The van der Waals surface area contributed by atoms with E-state index in [0.717, 1.165) is 26.6 Å². The van der Waals surface area contributed by atoms with E-state index in [1.54, 1.807) is 0 Å². The summed E-state index contributed by atoms with van der Waals surface area (Å²) in [6.45, 7) is 2.72. The average Bonchev–Trinajstić information content (AvgIpc) is 3.25. The van der Waals surface area contributed by atoms with Gasteiger partial charge in [0.2, 0.25) is 5.91 Å². The van der Waals surface area contributed by atoms with Crippen molar-refractivity contribution in [2.75, 3.05) is 31.6 Å². The van der Waals surface area contributed by atoms with Gasteiger partial charge in [-0.15, -0.1) is 0 Å². The van der Waals surface area contributed by atoms with Crippen molar-refractivity contribution >= 4 is 40.1 Å². The second kappa shape index (κ2) is 11.0. The highest BCUT2D eigenvalue weighted by Gasteiger charge is 2.45. The number of ether oxygens (including phenoxy) is 1. The minimum Gasteiger partial charge on any atom is -0.377 e. The molecule has 2 aromatic heterocycles. The van der Waals surface area contributed by atoms with Gasteiger partial charge in [-0.2, -0.15) is 13.2 Å². The summed E-state index contributed by atoms with van der Waals surface area (Å²) in [6.07, 6.45) is -3.14. The van der Waals surface area contributed by atoms with Crippen molar-refractivity contribution < 1.29 is 27.5 Å². The summed E-state index contributed by atoms with van der Waals surface area (Å²) >= 11 is 6.18. The minimum atomic E-state index is -5.03. The van der Waals surface area contributed by atoms with Crippen molar-refractivity contribution in [3.8, 4) is 0 Å². The maximum atomic E-state index is 13.1. The van der Waals surface area contributed by atoms with Gasteiger partial charge >= 0.3 is 12.1 Å². The van der Waals surface area contributed by atoms with Crippen molar-refractivity contribution in [2.45, 2.75) is 39.2 Å². The summed E-state index contributed by atoms with van der Waals surface area (Å²) in [6, 6.07) is 4.77. The first-order valence-electron chi connectivity index (χ1n) is 11.8. The summed E-state index contributed by atoms with van der Waals surface area (Å²) in [4.78, 5) is 45.3. The number of rotatable bonds is 7. The zero-order valence-corrected chi connectivity index (χ0v) is 21.4. The fourth-order valence-corrected chi connectivity index (χ4v) is 4.40. The van der Waals surface area contributed by atoms with E-state index in [1.807, 2.05) is 31.3 Å². The summed E-state index contributed by atoms with van der Waals surface area (Å²) in [5, 5.41) is 6.43. The van der Waals surface area contributed by atoms with Crippen molar-refractivity contribution in [3.05, 3.63) is 56.7 Å². The first kappa shape index (κ1) is 27.5. The number of alkyl halides is 3. The largest absolute Gasteiger partial charge is 0.471 e. The van der Waals surface area contributed by atoms with Crippen molar-refractivity contribution in [1.82, 2.24) is 24.8 Å².